The first kappa shape index (κ1) is 17.0. The summed E-state index contributed by atoms with van der Waals surface area (Å²) >= 11 is 0. The first-order valence-corrected chi connectivity index (χ1v) is 8.36. The standard InChI is InChI=1S/C17H36N2/c1-7-10-14(3)19(6)13-15-11-9-12-17(4,5)16(15)18-8-2/h14-16,18H,7-13H2,1-6H3. The summed E-state index contributed by atoms with van der Waals surface area (Å²) in [6.45, 7) is 14.1. The lowest BCUT2D eigenvalue weighted by atomic mass is 9.67. The highest BCUT2D eigenvalue weighted by molar-refractivity contribution is 4.94. The van der Waals surface area contributed by atoms with Gasteiger partial charge in [0.15, 0.2) is 0 Å². The third-order valence-corrected chi connectivity index (χ3v) is 5.11. The molecule has 0 heterocycles. The lowest BCUT2D eigenvalue weighted by Gasteiger charge is -2.46. The van der Waals surface area contributed by atoms with E-state index < -0.39 is 0 Å². The second-order valence-corrected chi connectivity index (χ2v) is 7.25. The molecular weight excluding hydrogens is 232 g/mol. The summed E-state index contributed by atoms with van der Waals surface area (Å²) < 4.78 is 0. The fraction of sp³-hybridized carbons (Fsp3) is 1.00. The second kappa shape index (κ2) is 7.64. The SMILES string of the molecule is CCCC(C)N(C)CC1CCCC(C)(C)C1NCC. The average molecular weight is 268 g/mol. The van der Waals surface area contributed by atoms with E-state index in [1.54, 1.807) is 0 Å². The summed E-state index contributed by atoms with van der Waals surface area (Å²) in [6.07, 6.45) is 6.77. The van der Waals surface area contributed by atoms with Gasteiger partial charge in [0.05, 0.1) is 0 Å². The molecule has 1 fully saturated rings. The lowest BCUT2D eigenvalue weighted by Crippen LogP contribution is -2.53. The first-order chi connectivity index (χ1) is 8.92. The molecule has 0 bridgehead atoms. The van der Waals surface area contributed by atoms with Gasteiger partial charge in [0.1, 0.15) is 0 Å². The number of hydrogen-bond donors (Lipinski definition) is 1. The van der Waals surface area contributed by atoms with E-state index in [2.05, 4.69) is 51.9 Å². The van der Waals surface area contributed by atoms with Crippen molar-refractivity contribution in [1.82, 2.24) is 10.2 Å². The van der Waals surface area contributed by atoms with E-state index in [4.69, 9.17) is 0 Å². The predicted octanol–water partition coefficient (Wildman–Crippen LogP) is 3.91. The molecule has 114 valence electrons. The van der Waals surface area contributed by atoms with Crippen LogP contribution in [0.25, 0.3) is 0 Å². The van der Waals surface area contributed by atoms with Gasteiger partial charge in [-0.05, 0) is 51.1 Å². The van der Waals surface area contributed by atoms with Crippen LogP contribution in [0.1, 0.15) is 66.7 Å². The van der Waals surface area contributed by atoms with Crippen LogP contribution in [-0.2, 0) is 0 Å². The zero-order valence-electron chi connectivity index (χ0n) is 14.1. The molecule has 0 saturated heterocycles. The van der Waals surface area contributed by atoms with Gasteiger partial charge in [-0.25, -0.2) is 0 Å². The van der Waals surface area contributed by atoms with Crippen LogP contribution in [0.4, 0.5) is 0 Å². The maximum Gasteiger partial charge on any atom is 0.0159 e. The molecule has 1 aliphatic rings. The number of nitrogens with zero attached hydrogens (tertiary/aromatic N) is 1. The van der Waals surface area contributed by atoms with Gasteiger partial charge >= 0.3 is 0 Å². The summed E-state index contributed by atoms with van der Waals surface area (Å²) in [5.74, 6) is 0.813. The second-order valence-electron chi connectivity index (χ2n) is 7.25. The number of rotatable bonds is 7. The molecule has 0 radical (unpaired) electrons. The Hall–Kier alpha value is -0.0800. The molecule has 2 heteroatoms. The molecule has 1 rings (SSSR count). The quantitative estimate of drug-likeness (QED) is 0.753. The van der Waals surface area contributed by atoms with E-state index in [0.717, 1.165) is 18.5 Å². The summed E-state index contributed by atoms with van der Waals surface area (Å²) in [4.78, 5) is 2.58. The van der Waals surface area contributed by atoms with Crippen molar-refractivity contribution in [1.29, 1.82) is 0 Å². The Morgan fingerprint density at radius 3 is 2.58 bits per heavy atom. The molecule has 0 amide bonds. The maximum atomic E-state index is 3.77. The van der Waals surface area contributed by atoms with Crippen LogP contribution < -0.4 is 5.32 Å². The highest BCUT2D eigenvalue weighted by Gasteiger charge is 2.38. The minimum atomic E-state index is 0.452. The van der Waals surface area contributed by atoms with E-state index in [-0.39, 0.29) is 0 Å². The fourth-order valence-corrected chi connectivity index (χ4v) is 3.83. The largest absolute Gasteiger partial charge is 0.313 e. The molecule has 1 aliphatic carbocycles. The Bertz CT molecular complexity index is 250. The van der Waals surface area contributed by atoms with Crippen molar-refractivity contribution in [2.24, 2.45) is 11.3 Å². The first-order valence-electron chi connectivity index (χ1n) is 8.36. The van der Waals surface area contributed by atoms with Crippen LogP contribution in [0.15, 0.2) is 0 Å². The Morgan fingerprint density at radius 2 is 2.00 bits per heavy atom. The number of nitrogens with one attached hydrogen (secondary N) is 1. The van der Waals surface area contributed by atoms with Crippen molar-refractivity contribution in [3.63, 3.8) is 0 Å². The lowest BCUT2D eigenvalue weighted by molar-refractivity contribution is 0.0760. The molecule has 3 atom stereocenters. The van der Waals surface area contributed by atoms with Crippen molar-refractivity contribution in [3.8, 4) is 0 Å². The minimum absolute atomic E-state index is 0.452. The molecule has 2 nitrogen and oxygen atoms in total. The van der Waals surface area contributed by atoms with Crippen LogP contribution >= 0.6 is 0 Å². The topological polar surface area (TPSA) is 15.3 Å². The molecule has 0 aromatic carbocycles. The monoisotopic (exact) mass is 268 g/mol. The minimum Gasteiger partial charge on any atom is -0.313 e. The zero-order chi connectivity index (χ0) is 14.5. The van der Waals surface area contributed by atoms with Crippen LogP contribution in [0.2, 0.25) is 0 Å². The van der Waals surface area contributed by atoms with Crippen LogP contribution in [0.5, 0.6) is 0 Å². The van der Waals surface area contributed by atoms with Gasteiger partial charge in [-0.15, -0.1) is 0 Å². The molecule has 1 saturated carbocycles. The Morgan fingerprint density at radius 1 is 1.32 bits per heavy atom. The maximum absolute atomic E-state index is 3.77. The molecule has 0 aromatic rings. The van der Waals surface area contributed by atoms with Crippen molar-refractivity contribution < 1.29 is 0 Å². The summed E-state index contributed by atoms with van der Waals surface area (Å²) in [5.41, 5.74) is 0.452. The van der Waals surface area contributed by atoms with Crippen LogP contribution in [-0.4, -0.2) is 37.1 Å². The van der Waals surface area contributed by atoms with E-state index in [1.165, 1.54) is 38.6 Å². The van der Waals surface area contributed by atoms with Crippen LogP contribution in [0.3, 0.4) is 0 Å². The molecule has 0 spiro atoms. The summed E-state index contributed by atoms with van der Waals surface area (Å²) in [5, 5.41) is 3.77. The highest BCUT2D eigenvalue weighted by Crippen LogP contribution is 2.39. The predicted molar refractivity (Wildman–Crippen MR) is 85.6 cm³/mol. The van der Waals surface area contributed by atoms with Crippen molar-refractivity contribution >= 4 is 0 Å². The molecular formula is C17H36N2. The Labute approximate surface area is 121 Å². The molecule has 19 heavy (non-hydrogen) atoms. The Kier molecular flexibility index (Phi) is 6.82. The van der Waals surface area contributed by atoms with Gasteiger partial charge in [0.25, 0.3) is 0 Å². The third kappa shape index (κ3) is 4.75. The zero-order valence-corrected chi connectivity index (χ0v) is 14.1. The van der Waals surface area contributed by atoms with E-state index >= 15 is 0 Å². The molecule has 0 aliphatic heterocycles. The van der Waals surface area contributed by atoms with Gasteiger partial charge < -0.3 is 10.2 Å². The van der Waals surface area contributed by atoms with Crippen molar-refractivity contribution in [2.75, 3.05) is 20.1 Å². The fourth-order valence-electron chi connectivity index (χ4n) is 3.83. The van der Waals surface area contributed by atoms with E-state index in [1.807, 2.05) is 0 Å². The van der Waals surface area contributed by atoms with Gasteiger partial charge in [-0.1, -0.05) is 40.5 Å². The van der Waals surface area contributed by atoms with Crippen LogP contribution in [0, 0.1) is 11.3 Å². The van der Waals surface area contributed by atoms with E-state index in [9.17, 15) is 0 Å². The smallest absolute Gasteiger partial charge is 0.0159 e. The highest BCUT2D eigenvalue weighted by atomic mass is 15.1. The van der Waals surface area contributed by atoms with Crippen molar-refractivity contribution in [2.45, 2.75) is 78.8 Å². The Balaban J connectivity index is 2.63. The summed E-state index contributed by atoms with van der Waals surface area (Å²) in [6, 6.07) is 1.40. The van der Waals surface area contributed by atoms with Gasteiger partial charge in [-0.2, -0.15) is 0 Å². The van der Waals surface area contributed by atoms with E-state index in [0.29, 0.717) is 11.5 Å². The normalized spacial score (nSPS) is 28.6. The molecule has 3 unspecified atom stereocenters. The third-order valence-electron chi connectivity index (χ3n) is 5.11. The summed E-state index contributed by atoms with van der Waals surface area (Å²) in [7, 11) is 2.31. The van der Waals surface area contributed by atoms with Gasteiger partial charge in [0.2, 0.25) is 0 Å². The van der Waals surface area contributed by atoms with Gasteiger partial charge in [0, 0.05) is 18.6 Å². The van der Waals surface area contributed by atoms with Crippen molar-refractivity contribution in [3.05, 3.63) is 0 Å². The molecule has 1 N–H and O–H groups in total. The molecule has 0 aromatic heterocycles. The average Bonchev–Trinajstić information content (AvgIpc) is 2.33. The number of hydrogen-bond acceptors (Lipinski definition) is 2. The van der Waals surface area contributed by atoms with Gasteiger partial charge in [-0.3, -0.25) is 0 Å².